The minimum absolute atomic E-state index is 0.331. The molecule has 1 saturated heterocycles. The Morgan fingerprint density at radius 1 is 1.25 bits per heavy atom. The molecule has 0 saturated carbocycles. The molecule has 0 radical (unpaired) electrons. The van der Waals surface area contributed by atoms with Gasteiger partial charge in [-0.2, -0.15) is 0 Å². The van der Waals surface area contributed by atoms with Crippen molar-refractivity contribution >= 4 is 38.3 Å². The zero-order valence-corrected chi connectivity index (χ0v) is 17.2. The van der Waals surface area contributed by atoms with E-state index in [0.29, 0.717) is 45.6 Å². The van der Waals surface area contributed by atoms with Crippen LogP contribution in [0.2, 0.25) is 0 Å². The normalized spacial score (nSPS) is 16.6. The number of likely N-dealkylation sites (N-methyl/N-ethyl adjacent to an activating group) is 1. The largest absolute Gasteiger partial charge is 0.493 e. The number of benzene rings is 2. The van der Waals surface area contributed by atoms with E-state index in [2.05, 4.69) is 43.2 Å². The van der Waals surface area contributed by atoms with E-state index in [1.165, 1.54) is 12.4 Å². The minimum Gasteiger partial charge on any atom is -0.493 e. The number of halogens is 2. The van der Waals surface area contributed by atoms with E-state index in [-0.39, 0.29) is 5.82 Å². The molecular formula is C20H20BrFN4O2. The lowest BCUT2D eigenvalue weighted by Gasteiger charge is -2.37. The number of nitrogens with one attached hydrogen (secondary N) is 1. The van der Waals surface area contributed by atoms with Crippen LogP contribution in [0.5, 0.6) is 11.5 Å². The number of ether oxygens (including phenoxy) is 2. The number of anilines is 2. The Kier molecular flexibility index (Phi) is 5.32. The summed E-state index contributed by atoms with van der Waals surface area (Å²) in [5, 5.41) is 3.77. The molecular weight excluding hydrogens is 427 g/mol. The number of rotatable bonds is 6. The van der Waals surface area contributed by atoms with Crippen LogP contribution in [0, 0.1) is 5.82 Å². The van der Waals surface area contributed by atoms with Crippen LogP contribution in [0.3, 0.4) is 0 Å². The van der Waals surface area contributed by atoms with Gasteiger partial charge in [0.1, 0.15) is 24.6 Å². The first-order valence-corrected chi connectivity index (χ1v) is 9.72. The lowest BCUT2D eigenvalue weighted by Crippen LogP contribution is -2.48. The van der Waals surface area contributed by atoms with Gasteiger partial charge in [0.2, 0.25) is 0 Å². The summed E-state index contributed by atoms with van der Waals surface area (Å²) in [6.07, 6.45) is 2.55. The summed E-state index contributed by atoms with van der Waals surface area (Å²) in [5.41, 5.74) is 1.01. The van der Waals surface area contributed by atoms with Gasteiger partial charge in [0, 0.05) is 22.0 Å². The van der Waals surface area contributed by atoms with E-state index >= 15 is 0 Å². The lowest BCUT2D eigenvalue weighted by molar-refractivity contribution is 0.0758. The molecule has 2 heterocycles. The SMILES string of the molecule is COc1cc2ncnc(Nc3ccc(Br)cc3F)c2cc1OC[C@@H]1CCN1C. The Morgan fingerprint density at radius 3 is 2.79 bits per heavy atom. The van der Waals surface area contributed by atoms with Crippen molar-refractivity contribution in [2.75, 3.05) is 32.6 Å². The van der Waals surface area contributed by atoms with Crippen molar-refractivity contribution in [1.82, 2.24) is 14.9 Å². The molecule has 1 fully saturated rings. The van der Waals surface area contributed by atoms with Gasteiger partial charge < -0.3 is 14.8 Å². The molecule has 0 unspecified atom stereocenters. The lowest BCUT2D eigenvalue weighted by atomic mass is 10.1. The fourth-order valence-electron chi connectivity index (χ4n) is 3.12. The minimum atomic E-state index is -0.376. The van der Waals surface area contributed by atoms with Gasteiger partial charge in [-0.05, 0) is 44.3 Å². The zero-order valence-electron chi connectivity index (χ0n) is 15.6. The molecule has 1 aromatic heterocycles. The van der Waals surface area contributed by atoms with Gasteiger partial charge >= 0.3 is 0 Å². The quantitative estimate of drug-likeness (QED) is 0.606. The van der Waals surface area contributed by atoms with Crippen LogP contribution < -0.4 is 14.8 Å². The number of hydrogen-bond donors (Lipinski definition) is 1. The summed E-state index contributed by atoms with van der Waals surface area (Å²) < 4.78 is 26.4. The Balaban J connectivity index is 1.67. The standard InChI is InChI=1S/C20H20BrFN4O2/c1-26-6-5-13(26)10-28-19-8-14-17(9-18(19)27-2)23-11-24-20(14)25-16-4-3-12(21)7-15(16)22/h3-4,7-9,11,13H,5-6,10H2,1-2H3,(H,23,24,25)/t13-/m0/s1. The van der Waals surface area contributed by atoms with Gasteiger partial charge in [-0.15, -0.1) is 0 Å². The molecule has 1 aliphatic heterocycles. The summed E-state index contributed by atoms with van der Waals surface area (Å²) in [5.74, 6) is 1.34. The number of hydrogen-bond acceptors (Lipinski definition) is 6. The first-order valence-electron chi connectivity index (χ1n) is 8.93. The molecule has 1 aliphatic rings. The second-order valence-electron chi connectivity index (χ2n) is 6.73. The maximum Gasteiger partial charge on any atom is 0.162 e. The third kappa shape index (κ3) is 3.74. The maximum absolute atomic E-state index is 14.2. The summed E-state index contributed by atoms with van der Waals surface area (Å²) in [6.45, 7) is 1.67. The monoisotopic (exact) mass is 446 g/mol. The van der Waals surface area contributed by atoms with Crippen molar-refractivity contribution < 1.29 is 13.9 Å². The van der Waals surface area contributed by atoms with E-state index < -0.39 is 0 Å². The molecule has 146 valence electrons. The van der Waals surface area contributed by atoms with Gasteiger partial charge in [0.25, 0.3) is 0 Å². The van der Waals surface area contributed by atoms with E-state index in [1.807, 2.05) is 6.07 Å². The van der Waals surface area contributed by atoms with Crippen LogP contribution in [-0.2, 0) is 0 Å². The van der Waals surface area contributed by atoms with Crippen LogP contribution in [0.4, 0.5) is 15.9 Å². The van der Waals surface area contributed by atoms with E-state index in [9.17, 15) is 4.39 Å². The second-order valence-corrected chi connectivity index (χ2v) is 7.64. The van der Waals surface area contributed by atoms with Crippen LogP contribution >= 0.6 is 15.9 Å². The van der Waals surface area contributed by atoms with Gasteiger partial charge in [0.15, 0.2) is 11.5 Å². The zero-order chi connectivity index (χ0) is 19.7. The van der Waals surface area contributed by atoms with Crippen molar-refractivity contribution in [3.05, 3.63) is 46.9 Å². The van der Waals surface area contributed by atoms with Crippen LogP contribution in [0.1, 0.15) is 6.42 Å². The summed E-state index contributed by atoms with van der Waals surface area (Å²) in [7, 11) is 3.68. The fourth-order valence-corrected chi connectivity index (χ4v) is 3.45. The Hall–Kier alpha value is -2.45. The molecule has 1 N–H and O–H groups in total. The second kappa shape index (κ2) is 7.89. The molecule has 6 nitrogen and oxygen atoms in total. The molecule has 1 atom stereocenters. The summed E-state index contributed by atoms with van der Waals surface area (Å²) >= 11 is 3.26. The molecule has 0 aliphatic carbocycles. The molecule has 2 aromatic carbocycles. The van der Waals surface area contributed by atoms with Gasteiger partial charge in [-0.3, -0.25) is 4.90 Å². The van der Waals surface area contributed by atoms with Gasteiger partial charge in [-0.25, -0.2) is 14.4 Å². The van der Waals surface area contributed by atoms with Crippen molar-refractivity contribution in [1.29, 1.82) is 0 Å². The van der Waals surface area contributed by atoms with Crippen molar-refractivity contribution in [2.45, 2.75) is 12.5 Å². The molecule has 3 aromatic rings. The average molecular weight is 447 g/mol. The molecule has 28 heavy (non-hydrogen) atoms. The summed E-state index contributed by atoms with van der Waals surface area (Å²) in [6, 6.07) is 8.87. The highest BCUT2D eigenvalue weighted by atomic mass is 79.9. The maximum atomic E-state index is 14.2. The van der Waals surface area contributed by atoms with E-state index in [0.717, 1.165) is 18.4 Å². The smallest absolute Gasteiger partial charge is 0.162 e. The fraction of sp³-hybridized carbons (Fsp3) is 0.300. The predicted octanol–water partition coefficient (Wildman–Crippen LogP) is 4.37. The highest BCUT2D eigenvalue weighted by Crippen LogP contribution is 2.35. The van der Waals surface area contributed by atoms with Crippen LogP contribution in [0.25, 0.3) is 10.9 Å². The highest BCUT2D eigenvalue weighted by Gasteiger charge is 2.25. The molecule has 0 spiro atoms. The highest BCUT2D eigenvalue weighted by molar-refractivity contribution is 9.10. The van der Waals surface area contributed by atoms with Crippen molar-refractivity contribution in [3.8, 4) is 11.5 Å². The molecule has 0 amide bonds. The van der Waals surface area contributed by atoms with Crippen molar-refractivity contribution in [2.24, 2.45) is 0 Å². The molecule has 0 bridgehead atoms. The number of fused-ring (bicyclic) bond motifs is 1. The third-order valence-electron chi connectivity index (χ3n) is 4.97. The Bertz CT molecular complexity index is 1020. The number of methoxy groups -OCH3 is 1. The van der Waals surface area contributed by atoms with E-state index in [4.69, 9.17) is 9.47 Å². The predicted molar refractivity (Wildman–Crippen MR) is 110 cm³/mol. The number of nitrogens with zero attached hydrogens (tertiary/aromatic N) is 3. The van der Waals surface area contributed by atoms with Gasteiger partial charge in [0.05, 0.1) is 18.3 Å². The van der Waals surface area contributed by atoms with E-state index in [1.54, 1.807) is 25.3 Å². The van der Waals surface area contributed by atoms with Crippen LogP contribution in [0.15, 0.2) is 41.1 Å². The third-order valence-corrected chi connectivity index (χ3v) is 5.47. The Labute approximate surface area is 170 Å². The average Bonchev–Trinajstić information content (AvgIpc) is 2.68. The number of likely N-dealkylation sites (tertiary alicyclic amines) is 1. The number of aromatic nitrogens is 2. The molecule has 4 rings (SSSR count). The van der Waals surface area contributed by atoms with Crippen LogP contribution in [-0.4, -0.2) is 48.2 Å². The summed E-state index contributed by atoms with van der Waals surface area (Å²) in [4.78, 5) is 10.8. The molecule has 8 heteroatoms. The first-order chi connectivity index (χ1) is 13.5. The topological polar surface area (TPSA) is 59.5 Å². The van der Waals surface area contributed by atoms with Crippen molar-refractivity contribution in [3.63, 3.8) is 0 Å². The first kappa shape index (κ1) is 18.9. The van der Waals surface area contributed by atoms with Gasteiger partial charge in [-0.1, -0.05) is 15.9 Å². The Morgan fingerprint density at radius 2 is 2.11 bits per heavy atom.